The molecular weight excluding hydrogens is 214 g/mol. The molecule has 1 amide bonds. The van der Waals surface area contributed by atoms with Gasteiger partial charge < -0.3 is 16.0 Å². The molecule has 1 fully saturated rings. The van der Waals surface area contributed by atoms with Crippen molar-refractivity contribution in [2.45, 2.75) is 44.3 Å². The van der Waals surface area contributed by atoms with E-state index in [0.717, 1.165) is 19.3 Å². The minimum absolute atomic E-state index is 0. The summed E-state index contributed by atoms with van der Waals surface area (Å²) in [5, 5.41) is 2.97. The van der Waals surface area contributed by atoms with Crippen LogP contribution in [0.2, 0.25) is 0 Å². The molecule has 0 aromatic carbocycles. The van der Waals surface area contributed by atoms with Crippen LogP contribution in [0.3, 0.4) is 0 Å². The number of rotatable bonds is 3. The van der Waals surface area contributed by atoms with E-state index in [2.05, 4.69) is 24.3 Å². The van der Waals surface area contributed by atoms with Gasteiger partial charge in [0, 0.05) is 12.1 Å². The summed E-state index contributed by atoms with van der Waals surface area (Å²) in [6.07, 6.45) is 3.28. The third-order valence-electron chi connectivity index (χ3n) is 2.90. The normalized spacial score (nSPS) is 27.3. The number of carbonyl (C=O) groups is 1. The topological polar surface area (TPSA) is 58.4 Å². The molecule has 4 nitrogen and oxygen atoms in total. The van der Waals surface area contributed by atoms with Crippen LogP contribution in [0.25, 0.3) is 0 Å². The molecule has 5 heteroatoms. The number of carbonyl (C=O) groups excluding carboxylic acids is 1. The highest BCUT2D eigenvalue weighted by molar-refractivity contribution is 5.85. The fourth-order valence-corrected chi connectivity index (χ4v) is 1.89. The lowest BCUT2D eigenvalue weighted by Crippen LogP contribution is -2.43. The predicted molar refractivity (Wildman–Crippen MR) is 64.2 cm³/mol. The van der Waals surface area contributed by atoms with E-state index >= 15 is 0 Å². The largest absolute Gasteiger partial charge is 0.352 e. The van der Waals surface area contributed by atoms with Gasteiger partial charge in [0.25, 0.3) is 0 Å². The first-order valence-electron chi connectivity index (χ1n) is 5.23. The molecule has 1 saturated carbocycles. The summed E-state index contributed by atoms with van der Waals surface area (Å²) in [6, 6.07) is 0.530. The molecule has 15 heavy (non-hydrogen) atoms. The van der Waals surface area contributed by atoms with Crippen LogP contribution in [0.5, 0.6) is 0 Å². The van der Waals surface area contributed by atoms with Crippen molar-refractivity contribution in [1.29, 1.82) is 0 Å². The van der Waals surface area contributed by atoms with Gasteiger partial charge in [-0.25, -0.2) is 0 Å². The Kier molecular flexibility index (Phi) is 6.17. The second-order valence-corrected chi connectivity index (χ2v) is 4.42. The summed E-state index contributed by atoms with van der Waals surface area (Å²) >= 11 is 0. The number of hydrogen-bond acceptors (Lipinski definition) is 3. The van der Waals surface area contributed by atoms with E-state index in [1.165, 1.54) is 0 Å². The Hall–Kier alpha value is -0.320. The number of nitrogens with two attached hydrogens (primary N) is 1. The molecule has 0 bridgehead atoms. The van der Waals surface area contributed by atoms with E-state index in [9.17, 15) is 4.79 Å². The van der Waals surface area contributed by atoms with Crippen molar-refractivity contribution < 1.29 is 4.79 Å². The first-order chi connectivity index (χ1) is 6.50. The molecule has 0 radical (unpaired) electrons. The minimum atomic E-state index is -0.395. The second kappa shape index (κ2) is 6.30. The third kappa shape index (κ3) is 4.36. The van der Waals surface area contributed by atoms with E-state index < -0.39 is 6.04 Å². The fourth-order valence-electron chi connectivity index (χ4n) is 1.89. The van der Waals surface area contributed by atoms with Crippen LogP contribution >= 0.6 is 12.4 Å². The predicted octanol–water partition coefficient (Wildman–Crippen LogP) is 0.354. The number of halogens is 1. The smallest absolute Gasteiger partial charge is 0.236 e. The maximum atomic E-state index is 11.3. The van der Waals surface area contributed by atoms with Crippen LogP contribution in [-0.2, 0) is 4.79 Å². The molecule has 1 rings (SSSR count). The highest BCUT2D eigenvalue weighted by Gasteiger charge is 2.27. The quantitative estimate of drug-likeness (QED) is 0.743. The zero-order chi connectivity index (χ0) is 10.7. The molecule has 0 saturated heterocycles. The number of amides is 1. The maximum Gasteiger partial charge on any atom is 0.236 e. The van der Waals surface area contributed by atoms with Crippen LogP contribution < -0.4 is 11.1 Å². The van der Waals surface area contributed by atoms with E-state index in [0.29, 0.717) is 12.1 Å². The molecule has 90 valence electrons. The van der Waals surface area contributed by atoms with Gasteiger partial charge in [-0.2, -0.15) is 0 Å². The van der Waals surface area contributed by atoms with E-state index in [1.807, 2.05) is 0 Å². The Labute approximate surface area is 98.0 Å². The lowest BCUT2D eigenvalue weighted by atomic mass is 10.2. The molecule has 1 aliphatic carbocycles. The van der Waals surface area contributed by atoms with Crippen LogP contribution in [-0.4, -0.2) is 43.0 Å². The van der Waals surface area contributed by atoms with Gasteiger partial charge in [-0.3, -0.25) is 4.79 Å². The average Bonchev–Trinajstić information content (AvgIpc) is 2.52. The van der Waals surface area contributed by atoms with E-state index in [-0.39, 0.29) is 18.3 Å². The molecule has 0 aliphatic heterocycles. The van der Waals surface area contributed by atoms with Crippen molar-refractivity contribution in [3.05, 3.63) is 0 Å². The van der Waals surface area contributed by atoms with Gasteiger partial charge in [0.05, 0.1) is 6.04 Å². The van der Waals surface area contributed by atoms with Gasteiger partial charge >= 0.3 is 0 Å². The van der Waals surface area contributed by atoms with Crippen molar-refractivity contribution in [3.63, 3.8) is 0 Å². The van der Waals surface area contributed by atoms with Gasteiger partial charge in [0.1, 0.15) is 0 Å². The molecule has 3 atom stereocenters. The van der Waals surface area contributed by atoms with E-state index in [1.54, 1.807) is 6.92 Å². The van der Waals surface area contributed by atoms with Crippen LogP contribution in [0, 0.1) is 0 Å². The lowest BCUT2D eigenvalue weighted by Gasteiger charge is -2.19. The zero-order valence-corrected chi connectivity index (χ0v) is 10.5. The Morgan fingerprint density at radius 1 is 1.47 bits per heavy atom. The van der Waals surface area contributed by atoms with Crippen LogP contribution in [0.1, 0.15) is 26.2 Å². The standard InChI is InChI=1S/C10H21N3O.ClH/c1-7(11)10(14)12-8-4-5-9(6-8)13(2)3;/h7-9H,4-6,11H2,1-3H3,(H,12,14);1H/t7-,8?,9?;/m1./s1. The van der Waals surface area contributed by atoms with Crippen molar-refractivity contribution >= 4 is 18.3 Å². The Morgan fingerprint density at radius 2 is 2.07 bits per heavy atom. The summed E-state index contributed by atoms with van der Waals surface area (Å²) < 4.78 is 0. The first-order valence-corrected chi connectivity index (χ1v) is 5.23. The summed E-state index contributed by atoms with van der Waals surface area (Å²) in [4.78, 5) is 13.5. The number of nitrogens with zero attached hydrogens (tertiary/aromatic N) is 1. The molecule has 0 aromatic heterocycles. The summed E-state index contributed by atoms with van der Waals surface area (Å²) in [7, 11) is 4.17. The Morgan fingerprint density at radius 3 is 2.47 bits per heavy atom. The molecule has 1 aliphatic rings. The van der Waals surface area contributed by atoms with Crippen LogP contribution in [0.15, 0.2) is 0 Å². The van der Waals surface area contributed by atoms with Gasteiger partial charge in [-0.05, 0) is 40.3 Å². The van der Waals surface area contributed by atoms with Crippen molar-refractivity contribution in [2.75, 3.05) is 14.1 Å². The second-order valence-electron chi connectivity index (χ2n) is 4.42. The average molecular weight is 236 g/mol. The van der Waals surface area contributed by atoms with Crippen LogP contribution in [0.4, 0.5) is 0 Å². The SMILES string of the molecule is C[C@@H](N)C(=O)NC1CCC(N(C)C)C1.Cl. The molecule has 2 unspecified atom stereocenters. The Balaban J connectivity index is 0.00000196. The fraction of sp³-hybridized carbons (Fsp3) is 0.900. The minimum Gasteiger partial charge on any atom is -0.352 e. The summed E-state index contributed by atoms with van der Waals surface area (Å²) in [5.41, 5.74) is 5.49. The lowest BCUT2D eigenvalue weighted by molar-refractivity contribution is -0.122. The monoisotopic (exact) mass is 235 g/mol. The van der Waals surface area contributed by atoms with Gasteiger partial charge in [0.15, 0.2) is 0 Å². The maximum absolute atomic E-state index is 11.3. The summed E-state index contributed by atoms with van der Waals surface area (Å²) in [6.45, 7) is 1.72. The first kappa shape index (κ1) is 14.7. The summed E-state index contributed by atoms with van der Waals surface area (Å²) in [5.74, 6) is -0.0330. The van der Waals surface area contributed by atoms with Gasteiger partial charge in [-0.15, -0.1) is 12.4 Å². The van der Waals surface area contributed by atoms with Crippen molar-refractivity contribution in [3.8, 4) is 0 Å². The molecule has 0 spiro atoms. The molecular formula is C10H22ClN3O. The number of hydrogen-bond donors (Lipinski definition) is 2. The number of nitrogens with one attached hydrogen (secondary N) is 1. The van der Waals surface area contributed by atoms with Gasteiger partial charge in [-0.1, -0.05) is 0 Å². The van der Waals surface area contributed by atoms with Crippen molar-refractivity contribution in [2.24, 2.45) is 5.73 Å². The highest BCUT2D eigenvalue weighted by atomic mass is 35.5. The molecule has 0 heterocycles. The highest BCUT2D eigenvalue weighted by Crippen LogP contribution is 2.22. The molecule has 0 aromatic rings. The van der Waals surface area contributed by atoms with Gasteiger partial charge in [0.2, 0.25) is 5.91 Å². The molecule has 3 N–H and O–H groups in total. The van der Waals surface area contributed by atoms with E-state index in [4.69, 9.17) is 5.73 Å². The third-order valence-corrected chi connectivity index (χ3v) is 2.90. The zero-order valence-electron chi connectivity index (χ0n) is 9.69. The Bertz CT molecular complexity index is 209. The van der Waals surface area contributed by atoms with Crippen molar-refractivity contribution in [1.82, 2.24) is 10.2 Å².